The van der Waals surface area contributed by atoms with Gasteiger partial charge in [0.1, 0.15) is 0 Å². The summed E-state index contributed by atoms with van der Waals surface area (Å²) >= 11 is 0. The Labute approximate surface area is 70.7 Å². The van der Waals surface area contributed by atoms with Gasteiger partial charge in [0.2, 0.25) is 0 Å². The zero-order chi connectivity index (χ0) is 3.58. The molecule has 0 spiro atoms. The third kappa shape index (κ3) is 55.6. The maximum atomic E-state index is 8.36. The molecule has 0 aromatic heterocycles. The van der Waals surface area contributed by atoms with Crippen LogP contribution in [0, 0.1) is 10.1 Å². The van der Waals surface area contributed by atoms with Crippen LogP contribution < -0.4 is 0 Å². The van der Waals surface area contributed by atoms with Crippen molar-refractivity contribution in [2.45, 2.75) is 0 Å². The Morgan fingerprint density at radius 1 is 1.80 bits per heavy atom. The zero-order valence-electron chi connectivity index (χ0n) is 2.71. The van der Waals surface area contributed by atoms with E-state index in [9.17, 15) is 0 Å². The predicted octanol–water partition coefficient (Wildman–Crippen LogP) is -0.729. The second-order valence-electron chi connectivity index (χ2n) is 0.238. The molecule has 5 heteroatoms. The summed E-state index contributed by atoms with van der Waals surface area (Å²) in [5.41, 5.74) is 0. The summed E-state index contributed by atoms with van der Waals surface area (Å²) in [6, 6.07) is 0. The second kappa shape index (κ2) is 4.84. The van der Waals surface area contributed by atoms with Gasteiger partial charge in [-0.3, -0.25) is 0 Å². The van der Waals surface area contributed by atoms with Crippen LogP contribution in [-0.2, 0) is 0 Å². The van der Waals surface area contributed by atoms with Gasteiger partial charge in [0, 0.05) is 51.4 Å². The SMILES string of the molecule is O=[N+]([O-])O.[K]. The summed E-state index contributed by atoms with van der Waals surface area (Å²) in [7, 11) is 0. The first-order valence-electron chi connectivity index (χ1n) is 0.565. The van der Waals surface area contributed by atoms with Gasteiger partial charge in [-0.15, -0.1) is 10.1 Å². The van der Waals surface area contributed by atoms with Crippen LogP contribution in [0.25, 0.3) is 0 Å². The maximum absolute atomic E-state index is 8.36. The van der Waals surface area contributed by atoms with Crippen molar-refractivity contribution in [3.8, 4) is 0 Å². The summed E-state index contributed by atoms with van der Waals surface area (Å²) < 4.78 is 0. The molecule has 5 heavy (non-hydrogen) atoms. The number of hydrogen-bond donors (Lipinski definition) is 1. The average molecular weight is 102 g/mol. The molecule has 1 N–H and O–H groups in total. The van der Waals surface area contributed by atoms with Crippen LogP contribution in [0.4, 0.5) is 0 Å². The summed E-state index contributed by atoms with van der Waals surface area (Å²) in [5.74, 6) is 0. The fourth-order valence-corrected chi connectivity index (χ4v) is 0. The van der Waals surface area contributed by atoms with Crippen molar-refractivity contribution in [2.75, 3.05) is 0 Å². The van der Waals surface area contributed by atoms with Gasteiger partial charge < -0.3 is 5.21 Å². The molecule has 0 aliphatic heterocycles. The zero-order valence-corrected chi connectivity index (χ0v) is 5.83. The Balaban J connectivity index is 0. The maximum Gasteiger partial charge on any atom is 0.291 e. The van der Waals surface area contributed by atoms with Crippen molar-refractivity contribution in [3.05, 3.63) is 10.1 Å². The third-order valence-electron chi connectivity index (χ3n) is 0. The van der Waals surface area contributed by atoms with E-state index >= 15 is 0 Å². The molecule has 1 radical (unpaired) electrons. The van der Waals surface area contributed by atoms with Crippen LogP contribution in [0.1, 0.15) is 0 Å². The Kier molecular flexibility index (Phi) is 8.97. The second-order valence-corrected chi connectivity index (χ2v) is 0.238. The van der Waals surface area contributed by atoms with Gasteiger partial charge in [-0.25, -0.2) is 0 Å². The van der Waals surface area contributed by atoms with Gasteiger partial charge in [-0.1, -0.05) is 0 Å². The number of nitrogens with zero attached hydrogens (tertiary/aromatic N) is 1. The standard InChI is InChI=1S/K.HNO3/c;2-1(3)4/h;(H,2,3,4). The summed E-state index contributed by atoms with van der Waals surface area (Å²) in [5, 5.41) is 13.6. The van der Waals surface area contributed by atoms with Gasteiger partial charge in [0.05, 0.1) is 0 Å². The van der Waals surface area contributed by atoms with E-state index in [-0.39, 0.29) is 51.4 Å². The molecule has 0 bridgehead atoms. The first-order valence-corrected chi connectivity index (χ1v) is 0.565. The topological polar surface area (TPSA) is 63.4 Å². The third-order valence-corrected chi connectivity index (χ3v) is 0. The quantitative estimate of drug-likeness (QED) is 0.249. The normalized spacial score (nSPS) is 4.80. The van der Waals surface area contributed by atoms with Crippen molar-refractivity contribution < 1.29 is 10.3 Å². The molecular formula is HKNO3. The average Bonchev–Trinajstić information content (AvgIpc) is 0.811. The Morgan fingerprint density at radius 3 is 1.80 bits per heavy atom. The van der Waals surface area contributed by atoms with Gasteiger partial charge >= 0.3 is 0 Å². The molecule has 0 atom stereocenters. The number of rotatable bonds is 0. The smallest absolute Gasteiger partial charge is 0.291 e. The Bertz CT molecular complexity index is 29.9. The summed E-state index contributed by atoms with van der Waals surface area (Å²) in [4.78, 5) is 8.36. The molecule has 0 aromatic carbocycles. The van der Waals surface area contributed by atoms with Crippen LogP contribution in [0.5, 0.6) is 0 Å². The first kappa shape index (κ1) is 9.28. The van der Waals surface area contributed by atoms with Crippen molar-refractivity contribution in [1.29, 1.82) is 0 Å². The van der Waals surface area contributed by atoms with Crippen molar-refractivity contribution in [2.24, 2.45) is 0 Å². The van der Waals surface area contributed by atoms with Crippen LogP contribution in [0.15, 0.2) is 0 Å². The predicted molar refractivity (Wildman–Crippen MR) is 14.5 cm³/mol. The molecule has 0 saturated carbocycles. The van der Waals surface area contributed by atoms with E-state index < -0.39 is 5.09 Å². The van der Waals surface area contributed by atoms with Crippen LogP contribution in [-0.4, -0.2) is 61.7 Å². The molecule has 0 aliphatic rings. The summed E-state index contributed by atoms with van der Waals surface area (Å²) in [6.07, 6.45) is 0. The van der Waals surface area contributed by atoms with Crippen LogP contribution >= 0.6 is 0 Å². The van der Waals surface area contributed by atoms with E-state index in [1.807, 2.05) is 0 Å². The minimum atomic E-state index is -1.50. The van der Waals surface area contributed by atoms with Crippen LogP contribution in [0.3, 0.4) is 0 Å². The molecule has 0 rings (SSSR count). The van der Waals surface area contributed by atoms with Gasteiger partial charge in [-0.2, -0.15) is 0 Å². The molecule has 0 heterocycles. The number of hydrogen-bond acceptors (Lipinski definition) is 2. The van der Waals surface area contributed by atoms with E-state index in [0.717, 1.165) is 0 Å². The van der Waals surface area contributed by atoms with E-state index in [1.54, 1.807) is 0 Å². The van der Waals surface area contributed by atoms with Crippen LogP contribution in [0.2, 0.25) is 0 Å². The van der Waals surface area contributed by atoms with E-state index in [0.29, 0.717) is 0 Å². The molecule has 0 aromatic rings. The molecule has 0 fully saturated rings. The first-order chi connectivity index (χ1) is 1.73. The van der Waals surface area contributed by atoms with Gasteiger partial charge in [0.15, 0.2) is 0 Å². The molecule has 0 unspecified atom stereocenters. The fourth-order valence-electron chi connectivity index (χ4n) is 0. The van der Waals surface area contributed by atoms with Gasteiger partial charge in [-0.05, 0) is 0 Å². The Hall–Kier alpha value is 0.836. The molecule has 0 aliphatic carbocycles. The summed E-state index contributed by atoms with van der Waals surface area (Å²) in [6.45, 7) is 0. The van der Waals surface area contributed by atoms with Crippen molar-refractivity contribution in [3.63, 3.8) is 0 Å². The Morgan fingerprint density at radius 2 is 1.80 bits per heavy atom. The molecule has 4 nitrogen and oxygen atoms in total. The minimum absolute atomic E-state index is 0. The van der Waals surface area contributed by atoms with E-state index in [4.69, 9.17) is 15.3 Å². The molecule has 25 valence electrons. The largest absolute Gasteiger partial charge is 0.328 e. The van der Waals surface area contributed by atoms with E-state index in [2.05, 4.69) is 0 Å². The fraction of sp³-hybridized carbons (Fsp3) is 0. The monoisotopic (exact) mass is 102 g/mol. The molecule has 0 amide bonds. The molecular weight excluding hydrogens is 101 g/mol. The van der Waals surface area contributed by atoms with E-state index in [1.165, 1.54) is 0 Å². The minimum Gasteiger partial charge on any atom is -0.328 e. The van der Waals surface area contributed by atoms with Gasteiger partial charge in [0.25, 0.3) is 5.09 Å². The van der Waals surface area contributed by atoms with Crippen molar-refractivity contribution >= 4 is 51.4 Å². The molecule has 0 saturated heterocycles. The van der Waals surface area contributed by atoms with Crippen molar-refractivity contribution in [1.82, 2.24) is 0 Å².